The molecule has 1 heterocycles. The van der Waals surface area contributed by atoms with Gasteiger partial charge in [-0.05, 0) is 36.8 Å². The molecule has 2 atom stereocenters. The van der Waals surface area contributed by atoms with E-state index in [9.17, 15) is 4.79 Å². The minimum absolute atomic E-state index is 0.0697. The second kappa shape index (κ2) is 5.55. The Bertz CT molecular complexity index is 527. The van der Waals surface area contributed by atoms with Crippen molar-refractivity contribution in [3.05, 3.63) is 33.8 Å². The van der Waals surface area contributed by atoms with Crippen LogP contribution in [0.25, 0.3) is 0 Å². The van der Waals surface area contributed by atoms with Gasteiger partial charge in [0.05, 0.1) is 10.0 Å². The lowest BCUT2D eigenvalue weighted by Crippen LogP contribution is -2.43. The molecule has 0 aromatic heterocycles. The van der Waals surface area contributed by atoms with Gasteiger partial charge >= 0.3 is 0 Å². The molecular weight excluding hydrogens is 295 g/mol. The number of likely N-dealkylation sites (tertiary alicyclic amines) is 1. The van der Waals surface area contributed by atoms with Crippen LogP contribution in [0.2, 0.25) is 10.0 Å². The average Bonchev–Trinajstić information content (AvgIpc) is 3.22. The molecule has 3 nitrogen and oxygen atoms in total. The molecule has 0 bridgehead atoms. The van der Waals surface area contributed by atoms with Crippen molar-refractivity contribution in [3.8, 4) is 0 Å². The second-order valence-electron chi connectivity index (χ2n) is 5.75. The lowest BCUT2D eigenvalue weighted by Gasteiger charge is -2.30. The van der Waals surface area contributed by atoms with Gasteiger partial charge in [-0.25, -0.2) is 0 Å². The van der Waals surface area contributed by atoms with Crippen molar-refractivity contribution in [3.63, 3.8) is 0 Å². The highest BCUT2D eigenvalue weighted by Gasteiger charge is 2.47. The number of nitrogens with two attached hydrogens (primary N) is 1. The van der Waals surface area contributed by atoms with Gasteiger partial charge in [-0.1, -0.05) is 35.3 Å². The number of piperidine rings is 1. The van der Waals surface area contributed by atoms with Gasteiger partial charge in [0.2, 0.25) is 5.91 Å². The van der Waals surface area contributed by atoms with E-state index >= 15 is 0 Å². The average molecular weight is 313 g/mol. The minimum atomic E-state index is 0.0697. The molecule has 1 aromatic carbocycles. The number of amides is 1. The van der Waals surface area contributed by atoms with Crippen LogP contribution in [0.5, 0.6) is 0 Å². The summed E-state index contributed by atoms with van der Waals surface area (Å²) in [7, 11) is 0. The Labute approximate surface area is 129 Å². The van der Waals surface area contributed by atoms with Gasteiger partial charge in [0.15, 0.2) is 0 Å². The van der Waals surface area contributed by atoms with Crippen LogP contribution in [0.4, 0.5) is 0 Å². The van der Waals surface area contributed by atoms with Crippen molar-refractivity contribution < 1.29 is 4.79 Å². The first kappa shape index (κ1) is 14.2. The van der Waals surface area contributed by atoms with E-state index in [1.54, 1.807) is 6.07 Å². The van der Waals surface area contributed by atoms with Crippen molar-refractivity contribution in [2.75, 3.05) is 13.1 Å². The van der Waals surface area contributed by atoms with E-state index in [1.165, 1.54) is 0 Å². The maximum Gasteiger partial charge on any atom is 0.226 e. The fourth-order valence-corrected chi connectivity index (χ4v) is 3.42. The summed E-state index contributed by atoms with van der Waals surface area (Å²) in [6.45, 7) is 1.57. The third-order valence-electron chi connectivity index (χ3n) is 4.34. The molecular formula is C15H18Cl2N2O. The maximum absolute atomic E-state index is 12.5. The summed E-state index contributed by atoms with van der Waals surface area (Å²) in [5.41, 5.74) is 6.88. The standard InChI is InChI=1S/C15H18Cl2N2O/c16-13-3-1-2-10(14(13)17)11-8-12(11)15(20)19-6-4-9(18)5-7-19/h1-3,9,11-12H,4-8,18H2/t11-,12+/m1/s1. The summed E-state index contributed by atoms with van der Waals surface area (Å²) in [4.78, 5) is 14.4. The molecule has 1 saturated carbocycles. The molecule has 2 N–H and O–H groups in total. The van der Waals surface area contributed by atoms with E-state index in [0.717, 1.165) is 37.9 Å². The number of hydrogen-bond acceptors (Lipinski definition) is 2. The normalized spacial score (nSPS) is 26.6. The molecule has 5 heteroatoms. The van der Waals surface area contributed by atoms with E-state index in [4.69, 9.17) is 28.9 Å². The Hall–Kier alpha value is -0.770. The molecule has 1 aliphatic heterocycles. The van der Waals surface area contributed by atoms with E-state index in [1.807, 2.05) is 17.0 Å². The summed E-state index contributed by atoms with van der Waals surface area (Å²) < 4.78 is 0. The fraction of sp³-hybridized carbons (Fsp3) is 0.533. The predicted octanol–water partition coefficient (Wildman–Crippen LogP) is 3.05. The van der Waals surface area contributed by atoms with Gasteiger partial charge in [-0.15, -0.1) is 0 Å². The van der Waals surface area contributed by atoms with Crippen LogP contribution in [0.15, 0.2) is 18.2 Å². The zero-order valence-corrected chi connectivity index (χ0v) is 12.7. The molecule has 1 aliphatic carbocycles. The molecule has 0 spiro atoms. The smallest absolute Gasteiger partial charge is 0.226 e. The number of hydrogen-bond donors (Lipinski definition) is 1. The Kier molecular flexibility index (Phi) is 3.93. The van der Waals surface area contributed by atoms with Crippen LogP contribution < -0.4 is 5.73 Å². The highest BCUT2D eigenvalue weighted by Crippen LogP contribution is 2.51. The van der Waals surface area contributed by atoms with Gasteiger partial charge in [-0.3, -0.25) is 4.79 Å². The van der Waals surface area contributed by atoms with Crippen molar-refractivity contribution in [1.29, 1.82) is 0 Å². The van der Waals surface area contributed by atoms with Crippen LogP contribution in [0.3, 0.4) is 0 Å². The minimum Gasteiger partial charge on any atom is -0.342 e. The number of carbonyl (C=O) groups is 1. The molecule has 108 valence electrons. The van der Waals surface area contributed by atoms with Gasteiger partial charge in [-0.2, -0.15) is 0 Å². The van der Waals surface area contributed by atoms with Gasteiger partial charge in [0, 0.05) is 25.0 Å². The third kappa shape index (κ3) is 2.67. The first-order valence-electron chi connectivity index (χ1n) is 7.06. The van der Waals surface area contributed by atoms with Gasteiger partial charge in [0.1, 0.15) is 0 Å². The number of nitrogens with zero attached hydrogens (tertiary/aromatic N) is 1. The Morgan fingerprint density at radius 3 is 2.65 bits per heavy atom. The number of carbonyl (C=O) groups excluding carboxylic acids is 1. The Balaban J connectivity index is 1.67. The van der Waals surface area contributed by atoms with Crippen LogP contribution in [0.1, 0.15) is 30.7 Å². The van der Waals surface area contributed by atoms with Crippen molar-refractivity contribution in [2.45, 2.75) is 31.2 Å². The van der Waals surface area contributed by atoms with Crippen molar-refractivity contribution >= 4 is 29.1 Å². The highest BCUT2D eigenvalue weighted by atomic mass is 35.5. The summed E-state index contributed by atoms with van der Waals surface area (Å²) >= 11 is 12.3. The fourth-order valence-electron chi connectivity index (χ4n) is 2.97. The zero-order valence-electron chi connectivity index (χ0n) is 11.2. The SMILES string of the molecule is NC1CCN(C(=O)[C@H]2C[C@@H]2c2cccc(Cl)c2Cl)CC1. The summed E-state index contributed by atoms with van der Waals surface area (Å²) in [5.74, 6) is 0.544. The molecule has 2 fully saturated rings. The summed E-state index contributed by atoms with van der Waals surface area (Å²) in [5, 5.41) is 1.15. The van der Waals surface area contributed by atoms with Crippen LogP contribution in [-0.4, -0.2) is 29.9 Å². The molecule has 1 amide bonds. The van der Waals surface area contributed by atoms with E-state index < -0.39 is 0 Å². The van der Waals surface area contributed by atoms with E-state index in [-0.39, 0.29) is 23.8 Å². The lowest BCUT2D eigenvalue weighted by molar-refractivity contribution is -0.133. The van der Waals surface area contributed by atoms with Crippen molar-refractivity contribution in [2.24, 2.45) is 11.7 Å². The van der Waals surface area contributed by atoms with Crippen LogP contribution in [-0.2, 0) is 4.79 Å². The zero-order chi connectivity index (χ0) is 14.3. The first-order valence-corrected chi connectivity index (χ1v) is 7.82. The molecule has 1 aromatic rings. The molecule has 3 rings (SSSR count). The molecule has 1 saturated heterocycles. The summed E-state index contributed by atoms with van der Waals surface area (Å²) in [6, 6.07) is 5.89. The highest BCUT2D eigenvalue weighted by molar-refractivity contribution is 6.42. The topological polar surface area (TPSA) is 46.3 Å². The molecule has 2 aliphatic rings. The van der Waals surface area contributed by atoms with Gasteiger partial charge < -0.3 is 10.6 Å². The van der Waals surface area contributed by atoms with E-state index in [0.29, 0.717) is 10.0 Å². The van der Waals surface area contributed by atoms with Crippen LogP contribution in [0, 0.1) is 5.92 Å². The number of halogens is 2. The van der Waals surface area contributed by atoms with Crippen LogP contribution >= 0.6 is 23.2 Å². The number of benzene rings is 1. The maximum atomic E-state index is 12.5. The molecule has 0 unspecified atom stereocenters. The molecule has 20 heavy (non-hydrogen) atoms. The largest absolute Gasteiger partial charge is 0.342 e. The lowest BCUT2D eigenvalue weighted by atomic mass is 10.0. The quantitative estimate of drug-likeness (QED) is 0.912. The Morgan fingerprint density at radius 1 is 1.25 bits per heavy atom. The number of rotatable bonds is 2. The van der Waals surface area contributed by atoms with Crippen molar-refractivity contribution in [1.82, 2.24) is 4.90 Å². The second-order valence-corrected chi connectivity index (χ2v) is 6.54. The monoisotopic (exact) mass is 312 g/mol. The third-order valence-corrected chi connectivity index (χ3v) is 5.17. The van der Waals surface area contributed by atoms with Gasteiger partial charge in [0.25, 0.3) is 0 Å². The first-order chi connectivity index (χ1) is 9.58. The predicted molar refractivity (Wildman–Crippen MR) is 81.1 cm³/mol. The molecule has 0 radical (unpaired) electrons. The summed E-state index contributed by atoms with van der Waals surface area (Å²) in [6.07, 6.45) is 2.68. The van der Waals surface area contributed by atoms with E-state index in [2.05, 4.69) is 0 Å². The Morgan fingerprint density at radius 2 is 1.95 bits per heavy atom.